The molecule has 1 nitrogen and oxygen atoms in total. The van der Waals surface area contributed by atoms with Crippen LogP contribution in [0, 0.1) is 11.6 Å². The largest absolute Gasteiger partial charge is 0.309 e. The minimum absolute atomic E-state index is 0.0183. The van der Waals surface area contributed by atoms with Gasteiger partial charge in [0.05, 0.1) is 16.1 Å². The molecule has 20 heavy (non-hydrogen) atoms. The predicted octanol–water partition coefficient (Wildman–Crippen LogP) is 5.34. The summed E-state index contributed by atoms with van der Waals surface area (Å²) in [5, 5.41) is 2.87. The Kier molecular flexibility index (Phi) is 5.02. The Balaban J connectivity index is 2.59. The summed E-state index contributed by atoms with van der Waals surface area (Å²) in [6.07, 6.45) is 0. The van der Waals surface area contributed by atoms with Gasteiger partial charge in [0.1, 0.15) is 11.6 Å². The van der Waals surface area contributed by atoms with E-state index in [9.17, 15) is 8.78 Å². The van der Waals surface area contributed by atoms with Crippen molar-refractivity contribution in [3.05, 3.63) is 67.6 Å². The Labute approximate surface area is 134 Å². The van der Waals surface area contributed by atoms with Crippen molar-refractivity contribution in [1.29, 1.82) is 0 Å². The van der Waals surface area contributed by atoms with Crippen LogP contribution in [0.4, 0.5) is 8.78 Å². The fraction of sp³-hybridized carbons (Fsp3) is 0.143. The van der Waals surface area contributed by atoms with Crippen LogP contribution in [0.1, 0.15) is 17.2 Å². The molecule has 6 heteroatoms. The van der Waals surface area contributed by atoms with Crippen LogP contribution in [0.15, 0.2) is 34.8 Å². The number of hydrogen-bond acceptors (Lipinski definition) is 1. The molecule has 0 saturated heterocycles. The molecule has 0 fully saturated rings. The number of nitrogens with one attached hydrogen (secondary N) is 1. The van der Waals surface area contributed by atoms with Crippen molar-refractivity contribution in [3.8, 4) is 0 Å². The number of halogens is 5. The van der Waals surface area contributed by atoms with Crippen LogP contribution >= 0.6 is 39.1 Å². The molecule has 2 rings (SSSR count). The molecule has 1 N–H and O–H groups in total. The SMILES string of the molecule is CNC(c1ccc(Br)c(Cl)c1F)c1cccc(F)c1Cl. The topological polar surface area (TPSA) is 12.0 Å². The molecular formula is C14H10BrCl2F2N. The van der Waals surface area contributed by atoms with E-state index in [4.69, 9.17) is 23.2 Å². The highest BCUT2D eigenvalue weighted by molar-refractivity contribution is 9.10. The summed E-state index contributed by atoms with van der Waals surface area (Å²) in [5.41, 5.74) is 0.750. The van der Waals surface area contributed by atoms with Gasteiger partial charge in [-0.2, -0.15) is 0 Å². The quantitative estimate of drug-likeness (QED) is 0.708. The zero-order chi connectivity index (χ0) is 14.9. The fourth-order valence-corrected chi connectivity index (χ4v) is 2.70. The number of hydrogen-bond donors (Lipinski definition) is 1. The van der Waals surface area contributed by atoms with Crippen molar-refractivity contribution < 1.29 is 8.78 Å². The van der Waals surface area contributed by atoms with Gasteiger partial charge in [0.2, 0.25) is 0 Å². The molecule has 106 valence electrons. The Bertz CT molecular complexity index is 649. The third-order valence-corrected chi connectivity index (χ3v) is 4.61. The van der Waals surface area contributed by atoms with Crippen molar-refractivity contribution in [1.82, 2.24) is 5.32 Å². The van der Waals surface area contributed by atoms with Gasteiger partial charge >= 0.3 is 0 Å². The van der Waals surface area contributed by atoms with Gasteiger partial charge in [-0.25, -0.2) is 8.78 Å². The summed E-state index contributed by atoms with van der Waals surface area (Å²) >= 11 is 15.0. The molecule has 0 radical (unpaired) electrons. The van der Waals surface area contributed by atoms with E-state index in [1.165, 1.54) is 12.1 Å². The van der Waals surface area contributed by atoms with E-state index in [1.54, 1.807) is 25.2 Å². The molecule has 0 spiro atoms. The molecule has 2 aromatic carbocycles. The van der Waals surface area contributed by atoms with Crippen LogP contribution in [0.5, 0.6) is 0 Å². The Morgan fingerprint density at radius 1 is 1.05 bits per heavy atom. The zero-order valence-electron chi connectivity index (χ0n) is 10.4. The second-order valence-corrected chi connectivity index (χ2v) is 5.74. The molecular weight excluding hydrogens is 371 g/mol. The molecule has 1 atom stereocenters. The summed E-state index contributed by atoms with van der Waals surface area (Å²) in [6.45, 7) is 0. The van der Waals surface area contributed by atoms with Gasteiger partial charge in [0.15, 0.2) is 0 Å². The highest BCUT2D eigenvalue weighted by Crippen LogP contribution is 2.35. The second-order valence-electron chi connectivity index (χ2n) is 4.13. The summed E-state index contributed by atoms with van der Waals surface area (Å²) in [6, 6.07) is 7.04. The average Bonchev–Trinajstić information content (AvgIpc) is 2.44. The highest BCUT2D eigenvalue weighted by Gasteiger charge is 2.22. The molecule has 0 amide bonds. The van der Waals surface area contributed by atoms with Crippen molar-refractivity contribution >= 4 is 39.1 Å². The highest BCUT2D eigenvalue weighted by atomic mass is 79.9. The second kappa shape index (κ2) is 6.39. The first-order chi connectivity index (χ1) is 9.47. The van der Waals surface area contributed by atoms with Crippen LogP contribution in [-0.4, -0.2) is 7.05 Å². The van der Waals surface area contributed by atoms with Gasteiger partial charge in [0.25, 0.3) is 0 Å². The summed E-state index contributed by atoms with van der Waals surface area (Å²) < 4.78 is 28.3. The maximum atomic E-state index is 14.3. The van der Waals surface area contributed by atoms with E-state index in [1.807, 2.05) is 0 Å². The lowest BCUT2D eigenvalue weighted by Crippen LogP contribution is -2.20. The van der Waals surface area contributed by atoms with Crippen LogP contribution in [0.25, 0.3) is 0 Å². The summed E-state index contributed by atoms with van der Waals surface area (Å²) in [4.78, 5) is 0. The third-order valence-electron chi connectivity index (χ3n) is 2.96. The third kappa shape index (κ3) is 2.84. The van der Waals surface area contributed by atoms with Crippen molar-refractivity contribution in [2.24, 2.45) is 0 Å². The maximum absolute atomic E-state index is 14.3. The van der Waals surface area contributed by atoms with Crippen LogP contribution < -0.4 is 5.32 Å². The fourth-order valence-electron chi connectivity index (χ4n) is 1.99. The number of rotatable bonds is 3. The molecule has 0 aliphatic rings. The van der Waals surface area contributed by atoms with Gasteiger partial charge in [-0.15, -0.1) is 0 Å². The first-order valence-electron chi connectivity index (χ1n) is 5.72. The Hall–Kier alpha value is -0.680. The monoisotopic (exact) mass is 379 g/mol. The smallest absolute Gasteiger partial charge is 0.148 e. The van der Waals surface area contributed by atoms with E-state index >= 15 is 0 Å². The minimum Gasteiger partial charge on any atom is -0.309 e. The molecule has 0 bridgehead atoms. The number of benzene rings is 2. The van der Waals surface area contributed by atoms with Crippen molar-refractivity contribution in [3.63, 3.8) is 0 Å². The van der Waals surface area contributed by atoms with Crippen LogP contribution in [-0.2, 0) is 0 Å². The predicted molar refractivity (Wildman–Crippen MR) is 81.4 cm³/mol. The van der Waals surface area contributed by atoms with E-state index in [2.05, 4.69) is 21.2 Å². The molecule has 0 aliphatic heterocycles. The summed E-state index contributed by atoms with van der Waals surface area (Å²) in [7, 11) is 1.64. The maximum Gasteiger partial charge on any atom is 0.148 e. The molecule has 0 aromatic heterocycles. The zero-order valence-corrected chi connectivity index (χ0v) is 13.5. The normalized spacial score (nSPS) is 12.5. The molecule has 2 aromatic rings. The lowest BCUT2D eigenvalue weighted by Gasteiger charge is -2.20. The van der Waals surface area contributed by atoms with Gasteiger partial charge < -0.3 is 5.32 Å². The van der Waals surface area contributed by atoms with E-state index in [0.29, 0.717) is 15.6 Å². The first kappa shape index (κ1) is 15.7. The van der Waals surface area contributed by atoms with Gasteiger partial charge in [-0.05, 0) is 40.7 Å². The lowest BCUT2D eigenvalue weighted by molar-refractivity contribution is 0.571. The van der Waals surface area contributed by atoms with Crippen LogP contribution in [0.3, 0.4) is 0 Å². The van der Waals surface area contributed by atoms with E-state index in [0.717, 1.165) is 0 Å². The Morgan fingerprint density at radius 3 is 2.40 bits per heavy atom. The molecule has 1 unspecified atom stereocenters. The van der Waals surface area contributed by atoms with Crippen molar-refractivity contribution in [2.45, 2.75) is 6.04 Å². The standard InChI is InChI=1S/C14H10BrCl2F2N/c1-20-14(7-3-2-4-10(18)11(7)16)8-5-6-9(15)12(17)13(8)19/h2-6,14,20H,1H3. The summed E-state index contributed by atoms with van der Waals surface area (Å²) in [5.74, 6) is -1.12. The minimum atomic E-state index is -0.594. The van der Waals surface area contributed by atoms with E-state index in [-0.39, 0.29) is 10.0 Å². The first-order valence-corrected chi connectivity index (χ1v) is 7.26. The van der Waals surface area contributed by atoms with Gasteiger partial charge in [0, 0.05) is 10.0 Å². The molecule has 0 saturated carbocycles. The van der Waals surface area contributed by atoms with Crippen LogP contribution in [0.2, 0.25) is 10.0 Å². The van der Waals surface area contributed by atoms with Crippen molar-refractivity contribution in [2.75, 3.05) is 7.05 Å². The Morgan fingerprint density at radius 2 is 1.75 bits per heavy atom. The van der Waals surface area contributed by atoms with E-state index < -0.39 is 17.7 Å². The van der Waals surface area contributed by atoms with Gasteiger partial charge in [-0.3, -0.25) is 0 Å². The molecule has 0 aliphatic carbocycles. The average molecular weight is 381 g/mol. The van der Waals surface area contributed by atoms with Gasteiger partial charge in [-0.1, -0.05) is 41.4 Å². The lowest BCUT2D eigenvalue weighted by atomic mass is 9.98. The molecule has 0 heterocycles.